The van der Waals surface area contributed by atoms with Crippen molar-refractivity contribution in [3.8, 4) is 0 Å². The van der Waals surface area contributed by atoms with Gasteiger partial charge in [-0.05, 0) is 13.0 Å². The number of benzene rings is 1. The van der Waals surface area contributed by atoms with Crippen LogP contribution in [0.4, 0.5) is 23.0 Å². The maximum Gasteiger partial charge on any atom is 1.00 e. The van der Waals surface area contributed by atoms with E-state index in [0.29, 0.717) is 5.69 Å². The number of halogens is 5. The average molecular weight is 286 g/mol. The van der Waals surface area contributed by atoms with E-state index >= 15 is 0 Å². The molecule has 1 aromatic rings. The Morgan fingerprint density at radius 3 is 2.13 bits per heavy atom. The largest absolute Gasteiger partial charge is 1.00 e. The molecular weight excluding hydrogens is 279 g/mol. The molecule has 0 fully saturated rings. The number of hydrogen-bond acceptors (Lipinski definition) is 1. The van der Waals surface area contributed by atoms with Crippen LogP contribution in [0.3, 0.4) is 0 Å². The summed E-state index contributed by atoms with van der Waals surface area (Å²) in [6.45, 7) is 1.89. The molecule has 0 aliphatic heterocycles. The summed E-state index contributed by atoms with van der Waals surface area (Å²) in [5, 5.41) is 8.45. The van der Waals surface area contributed by atoms with E-state index < -0.39 is 7.25 Å². The zero-order valence-corrected chi connectivity index (χ0v) is 9.18. The minimum absolute atomic E-state index is 0. The fourth-order valence-electron chi connectivity index (χ4n) is 0.690. The monoisotopic (exact) mass is 285 g/mol. The maximum atomic E-state index is 9.75. The molecule has 0 bridgehead atoms. The summed E-state index contributed by atoms with van der Waals surface area (Å²) >= 11 is 3.27. The first-order chi connectivity index (χ1) is 6.74. The van der Waals surface area contributed by atoms with Gasteiger partial charge in [0.1, 0.15) is 0 Å². The molecule has 8 heteroatoms. The molecule has 0 saturated heterocycles. The molecule has 0 amide bonds. The Kier molecular flexibility index (Phi) is 5.29. The van der Waals surface area contributed by atoms with Crippen LogP contribution in [0, 0.1) is 12.3 Å². The molecule has 0 saturated carbocycles. The van der Waals surface area contributed by atoms with Gasteiger partial charge in [0.15, 0.2) is 4.98 Å². The minimum Gasteiger partial charge on any atom is -0.418 e. The predicted octanol–water partition coefficient (Wildman–Crippen LogP) is 4.65. The molecule has 0 radical (unpaired) electrons. The first kappa shape index (κ1) is 13.9. The summed E-state index contributed by atoms with van der Waals surface area (Å²) < 4.78 is 39.9. The molecule has 2 nitrogen and oxygen atoms in total. The molecule has 0 atom stereocenters. The summed E-state index contributed by atoms with van der Waals surface area (Å²) in [5.41, 5.74) is 1.57. The minimum atomic E-state index is -6.00. The predicted molar refractivity (Wildman–Crippen MR) is 54.9 cm³/mol. The van der Waals surface area contributed by atoms with E-state index in [1.807, 2.05) is 19.1 Å². The van der Waals surface area contributed by atoms with Crippen LogP contribution in [-0.4, -0.2) is 7.25 Å². The number of nitrogens with zero attached hydrogens (tertiary/aromatic N) is 2. The van der Waals surface area contributed by atoms with Crippen molar-refractivity contribution >= 4 is 28.9 Å². The molecule has 0 aromatic heterocycles. The Balaban J connectivity index is 0. The van der Waals surface area contributed by atoms with Gasteiger partial charge in [-0.2, -0.15) is 0 Å². The van der Waals surface area contributed by atoms with Crippen molar-refractivity contribution in [2.45, 2.75) is 6.92 Å². The smallest absolute Gasteiger partial charge is 0.418 e. The van der Waals surface area contributed by atoms with Gasteiger partial charge >= 0.3 is 14.4 Å². The lowest BCUT2D eigenvalue weighted by molar-refractivity contribution is 0.368. The van der Waals surface area contributed by atoms with Gasteiger partial charge in [0.2, 0.25) is 5.39 Å². The lowest BCUT2D eigenvalue weighted by atomic mass is 10.2. The van der Waals surface area contributed by atoms with Gasteiger partial charge in [0.05, 0.1) is 0 Å². The maximum absolute atomic E-state index is 9.75. The Bertz CT molecular complexity index is 374. The molecule has 0 heterocycles. The number of aryl methyl sites for hydroxylation is 1. The molecule has 82 valence electrons. The van der Waals surface area contributed by atoms with Gasteiger partial charge in [0.25, 0.3) is 0 Å². The molecular formula is C7H7BBrF4N2+. The van der Waals surface area contributed by atoms with Crippen LogP contribution in [0.1, 0.15) is 6.99 Å². The zero-order valence-electron chi connectivity index (χ0n) is 8.59. The molecule has 0 aliphatic carbocycles. The van der Waals surface area contributed by atoms with E-state index in [4.69, 9.17) is 5.39 Å². The van der Waals surface area contributed by atoms with E-state index in [1.54, 1.807) is 6.07 Å². The molecule has 1 aromatic carbocycles. The second-order valence-electron chi connectivity index (χ2n) is 2.53. The van der Waals surface area contributed by atoms with Crippen molar-refractivity contribution in [3.05, 3.63) is 33.2 Å². The first-order valence-corrected chi connectivity index (χ1v) is 4.52. The second kappa shape index (κ2) is 5.71. The average Bonchev–Trinajstić information content (AvgIpc) is 2.06. The second-order valence-corrected chi connectivity index (χ2v) is 3.44. The van der Waals surface area contributed by atoms with Crippen molar-refractivity contribution < 1.29 is 18.7 Å². The van der Waals surface area contributed by atoms with Gasteiger partial charge in [-0.1, -0.05) is 22.0 Å². The van der Waals surface area contributed by atoms with Crippen molar-refractivity contribution in [1.29, 1.82) is 5.39 Å². The SMILES string of the molecule is Cc1ccc(Br)cc1[N+]#N.F[B-](F)(F)F.[H+]. The van der Waals surface area contributed by atoms with E-state index in [-0.39, 0.29) is 1.43 Å². The van der Waals surface area contributed by atoms with Crippen molar-refractivity contribution in [3.63, 3.8) is 0 Å². The molecule has 0 aliphatic rings. The third kappa shape index (κ3) is 7.94. The molecule has 0 unspecified atom stereocenters. The highest BCUT2D eigenvalue weighted by Crippen LogP contribution is 2.22. The standard InChI is InChI=1S/C7H6BrN2.BF4/c1-5-2-3-6(8)4-7(5)10-9;2-1(3,4)5/h2-4H,1H3;/q+1;-1/p+1. The van der Waals surface area contributed by atoms with Crippen LogP contribution in [0.25, 0.3) is 4.98 Å². The van der Waals surface area contributed by atoms with Crippen LogP contribution in [0.15, 0.2) is 22.7 Å². The van der Waals surface area contributed by atoms with Gasteiger partial charge in [0, 0.05) is 16.1 Å². The van der Waals surface area contributed by atoms with Crippen LogP contribution < -0.4 is 0 Å². The Morgan fingerprint density at radius 1 is 1.33 bits per heavy atom. The van der Waals surface area contributed by atoms with Crippen molar-refractivity contribution in [2.24, 2.45) is 0 Å². The lowest BCUT2D eigenvalue weighted by Gasteiger charge is -1.94. The summed E-state index contributed by atoms with van der Waals surface area (Å²) in [4.78, 5) is 3.10. The van der Waals surface area contributed by atoms with Crippen LogP contribution >= 0.6 is 15.9 Å². The first-order valence-electron chi connectivity index (χ1n) is 3.72. The molecule has 15 heavy (non-hydrogen) atoms. The number of hydrogen-bond donors (Lipinski definition) is 0. The van der Waals surface area contributed by atoms with Crippen LogP contribution in [-0.2, 0) is 0 Å². The highest BCUT2D eigenvalue weighted by molar-refractivity contribution is 9.10. The van der Waals surface area contributed by atoms with Crippen LogP contribution in [0.2, 0.25) is 0 Å². The third-order valence-corrected chi connectivity index (χ3v) is 1.77. The molecule has 1 rings (SSSR count). The quantitative estimate of drug-likeness (QED) is 0.387. The Labute approximate surface area is 93.6 Å². The van der Waals surface area contributed by atoms with Gasteiger partial charge < -0.3 is 17.3 Å². The highest BCUT2D eigenvalue weighted by Gasteiger charge is 2.20. The normalized spacial score (nSPS) is 9.93. The van der Waals surface area contributed by atoms with E-state index in [1.165, 1.54) is 0 Å². The summed E-state index contributed by atoms with van der Waals surface area (Å²) in [6.07, 6.45) is 0. The topological polar surface area (TPSA) is 28.1 Å². The summed E-state index contributed by atoms with van der Waals surface area (Å²) in [7, 11) is -6.00. The van der Waals surface area contributed by atoms with E-state index in [2.05, 4.69) is 20.9 Å². The summed E-state index contributed by atoms with van der Waals surface area (Å²) in [5.74, 6) is 0. The van der Waals surface area contributed by atoms with E-state index in [9.17, 15) is 17.3 Å². The molecule has 0 N–H and O–H groups in total. The van der Waals surface area contributed by atoms with Crippen LogP contribution in [0.5, 0.6) is 0 Å². The van der Waals surface area contributed by atoms with Gasteiger partial charge in [-0.25, -0.2) is 0 Å². The summed E-state index contributed by atoms with van der Waals surface area (Å²) in [6, 6.07) is 5.55. The Morgan fingerprint density at radius 2 is 1.80 bits per heavy atom. The van der Waals surface area contributed by atoms with E-state index in [0.717, 1.165) is 10.0 Å². The number of rotatable bonds is 0. The highest BCUT2D eigenvalue weighted by atomic mass is 79.9. The van der Waals surface area contributed by atoms with Crippen molar-refractivity contribution in [2.75, 3.05) is 0 Å². The lowest BCUT2D eigenvalue weighted by Crippen LogP contribution is -2.02. The van der Waals surface area contributed by atoms with Crippen molar-refractivity contribution in [1.82, 2.24) is 0 Å². The van der Waals surface area contributed by atoms with Gasteiger partial charge in [-0.15, -0.1) is 0 Å². The zero-order chi connectivity index (χ0) is 12.1. The fraction of sp³-hybridized carbons (Fsp3) is 0.143. The number of diazo groups is 1. The molecule has 0 spiro atoms. The Hall–Kier alpha value is -1.10. The fourth-order valence-corrected chi connectivity index (χ4v) is 1.04. The van der Waals surface area contributed by atoms with Gasteiger partial charge in [-0.3, -0.25) is 0 Å². The third-order valence-electron chi connectivity index (χ3n) is 1.28.